The Kier molecular flexibility index (Phi) is 1.72. The van der Waals surface area contributed by atoms with Crippen molar-refractivity contribution in [3.05, 3.63) is 12.2 Å². The van der Waals surface area contributed by atoms with E-state index in [0.717, 1.165) is 0 Å². The summed E-state index contributed by atoms with van der Waals surface area (Å²) in [6.45, 7) is 2.74. The van der Waals surface area contributed by atoms with Gasteiger partial charge < -0.3 is 0 Å². The fourth-order valence-electron chi connectivity index (χ4n) is 1.05. The van der Waals surface area contributed by atoms with Crippen molar-refractivity contribution in [2.75, 3.05) is 0 Å². The highest BCUT2D eigenvalue weighted by atomic mass is 16.2. The first-order valence-electron chi connectivity index (χ1n) is 3.35. The topological polar surface area (TPSA) is 46.5 Å². The van der Waals surface area contributed by atoms with Crippen LogP contribution in [0.5, 0.6) is 0 Å². The van der Waals surface area contributed by atoms with E-state index in [9.17, 15) is 9.59 Å². The Hall–Kier alpha value is -1.25. The maximum absolute atomic E-state index is 11.0. The van der Waals surface area contributed by atoms with Crippen molar-refractivity contribution in [1.82, 2.24) is 0 Å². The minimum atomic E-state index is -1.19. The second-order valence-electron chi connectivity index (χ2n) is 2.52. The molecule has 0 bridgehead atoms. The molecule has 1 rings (SSSR count). The zero-order valence-electron chi connectivity index (χ0n) is 6.50. The van der Waals surface area contributed by atoms with Gasteiger partial charge in [0.25, 0.3) is 0 Å². The molecule has 1 aliphatic rings. The van der Waals surface area contributed by atoms with Crippen LogP contribution in [0.2, 0.25) is 0 Å². The lowest BCUT2D eigenvalue weighted by Crippen LogP contribution is -2.38. The van der Waals surface area contributed by atoms with Crippen LogP contribution >= 0.6 is 0 Å². The molecule has 0 aromatic carbocycles. The molecule has 0 N–H and O–H groups in total. The maximum atomic E-state index is 11.0. The molecular weight excluding hydrogens is 142 g/mol. The molecule has 0 aliphatic carbocycles. The molecule has 3 heteroatoms. The van der Waals surface area contributed by atoms with E-state index in [4.69, 9.17) is 0 Å². The molecule has 3 nitrogen and oxygen atoms in total. The van der Waals surface area contributed by atoms with Crippen LogP contribution in [0.15, 0.2) is 17.1 Å². The molecule has 0 amide bonds. The van der Waals surface area contributed by atoms with Gasteiger partial charge in [-0.15, -0.1) is 0 Å². The molecule has 11 heavy (non-hydrogen) atoms. The zero-order valence-corrected chi connectivity index (χ0v) is 6.50. The summed E-state index contributed by atoms with van der Waals surface area (Å²) in [6.07, 6.45) is 4.61. The predicted molar refractivity (Wildman–Crippen MR) is 41.7 cm³/mol. The average Bonchev–Trinajstić information content (AvgIpc) is 2.34. The molecular formula is C8H9NO2. The Labute approximate surface area is 64.8 Å². The Morgan fingerprint density at radius 2 is 1.82 bits per heavy atom. The summed E-state index contributed by atoms with van der Waals surface area (Å²) < 4.78 is 0. The lowest BCUT2D eigenvalue weighted by Gasteiger charge is -2.15. The number of aliphatic imine (C=N–C) groups is 1. The molecule has 0 unspecified atom stereocenters. The van der Waals surface area contributed by atoms with Gasteiger partial charge >= 0.3 is 0 Å². The van der Waals surface area contributed by atoms with Crippen LogP contribution in [0.1, 0.15) is 13.8 Å². The van der Waals surface area contributed by atoms with Crippen molar-refractivity contribution in [3.63, 3.8) is 0 Å². The fourth-order valence-corrected chi connectivity index (χ4v) is 1.05. The van der Waals surface area contributed by atoms with Gasteiger partial charge in [-0.1, -0.05) is 0 Å². The number of hydrogen-bond acceptors (Lipinski definition) is 3. The zero-order chi connectivity index (χ0) is 8.48. The van der Waals surface area contributed by atoms with E-state index in [0.29, 0.717) is 0 Å². The molecule has 0 atom stereocenters. The van der Waals surface area contributed by atoms with Gasteiger partial charge in [-0.25, -0.2) is 0 Å². The highest BCUT2D eigenvalue weighted by Gasteiger charge is 2.38. The Morgan fingerprint density at radius 3 is 2.00 bits per heavy atom. The fraction of sp³-hybridized carbons (Fsp3) is 0.375. The van der Waals surface area contributed by atoms with Crippen molar-refractivity contribution in [1.29, 1.82) is 0 Å². The molecule has 0 aromatic rings. The Balaban J connectivity index is 3.09. The first-order valence-corrected chi connectivity index (χ1v) is 3.35. The maximum Gasteiger partial charge on any atom is 0.194 e. The highest BCUT2D eigenvalue weighted by Crippen LogP contribution is 2.19. The van der Waals surface area contributed by atoms with E-state index in [-0.39, 0.29) is 11.6 Å². The summed E-state index contributed by atoms with van der Waals surface area (Å²) in [7, 11) is 0. The van der Waals surface area contributed by atoms with Gasteiger partial charge in [-0.05, 0) is 26.0 Å². The minimum Gasteiger partial charge on any atom is -0.296 e. The van der Waals surface area contributed by atoms with Gasteiger partial charge in [-0.3, -0.25) is 14.6 Å². The standard InChI is InChI=1S/C8H9NO2/c1-6(10)8(7(2)11)4-3-5-9-8/h3-5H,1-2H3. The normalized spacial score (nSPS) is 18.7. The van der Waals surface area contributed by atoms with E-state index >= 15 is 0 Å². The van der Waals surface area contributed by atoms with Gasteiger partial charge in [0.2, 0.25) is 0 Å². The van der Waals surface area contributed by atoms with Crippen molar-refractivity contribution >= 4 is 17.8 Å². The number of rotatable bonds is 2. The van der Waals surface area contributed by atoms with Crippen LogP contribution in [0.4, 0.5) is 0 Å². The molecule has 0 fully saturated rings. The monoisotopic (exact) mass is 151 g/mol. The third-order valence-corrected chi connectivity index (χ3v) is 1.78. The van der Waals surface area contributed by atoms with Gasteiger partial charge in [0.1, 0.15) is 0 Å². The number of carbonyl (C=O) groups excluding carboxylic acids is 2. The van der Waals surface area contributed by atoms with E-state index in [1.54, 1.807) is 6.08 Å². The summed E-state index contributed by atoms with van der Waals surface area (Å²) in [5.41, 5.74) is -1.19. The largest absolute Gasteiger partial charge is 0.296 e. The number of hydrogen-bond donors (Lipinski definition) is 0. The van der Waals surface area contributed by atoms with Crippen LogP contribution < -0.4 is 0 Å². The van der Waals surface area contributed by atoms with Gasteiger partial charge in [-0.2, -0.15) is 0 Å². The third-order valence-electron chi connectivity index (χ3n) is 1.78. The van der Waals surface area contributed by atoms with Crippen molar-refractivity contribution in [3.8, 4) is 0 Å². The summed E-state index contributed by atoms with van der Waals surface area (Å²) >= 11 is 0. The Bertz CT molecular complexity index is 235. The molecule has 0 saturated heterocycles. The first-order chi connectivity index (χ1) is 5.09. The quantitative estimate of drug-likeness (QED) is 0.541. The molecule has 58 valence electrons. The van der Waals surface area contributed by atoms with Gasteiger partial charge in [0.05, 0.1) is 0 Å². The summed E-state index contributed by atoms with van der Waals surface area (Å²) in [5.74, 6) is -0.454. The highest BCUT2D eigenvalue weighted by molar-refractivity contribution is 6.14. The van der Waals surface area contributed by atoms with E-state index < -0.39 is 5.54 Å². The summed E-state index contributed by atoms with van der Waals surface area (Å²) in [4.78, 5) is 25.9. The van der Waals surface area contributed by atoms with Crippen molar-refractivity contribution in [2.45, 2.75) is 19.4 Å². The van der Waals surface area contributed by atoms with Gasteiger partial charge in [0.15, 0.2) is 17.1 Å². The van der Waals surface area contributed by atoms with Crippen LogP contribution in [0.3, 0.4) is 0 Å². The number of allylic oxidation sites excluding steroid dienone is 1. The van der Waals surface area contributed by atoms with Crippen molar-refractivity contribution < 1.29 is 9.59 Å². The van der Waals surface area contributed by atoms with Gasteiger partial charge in [0, 0.05) is 6.21 Å². The van der Waals surface area contributed by atoms with Crippen LogP contribution in [-0.4, -0.2) is 23.3 Å². The number of carbonyl (C=O) groups is 2. The predicted octanol–water partition coefficient (Wildman–Crippen LogP) is 0.544. The van der Waals surface area contributed by atoms with E-state index in [1.807, 2.05) is 0 Å². The molecule has 0 saturated carbocycles. The number of ketones is 2. The van der Waals surface area contributed by atoms with E-state index in [1.165, 1.54) is 26.1 Å². The second kappa shape index (κ2) is 2.42. The summed E-state index contributed by atoms with van der Waals surface area (Å²) in [5, 5.41) is 0. The molecule has 1 heterocycles. The van der Waals surface area contributed by atoms with Crippen LogP contribution in [-0.2, 0) is 9.59 Å². The smallest absolute Gasteiger partial charge is 0.194 e. The SMILES string of the molecule is CC(=O)C1(C(C)=O)C=CC=N1. The van der Waals surface area contributed by atoms with Crippen LogP contribution in [0.25, 0.3) is 0 Å². The van der Waals surface area contributed by atoms with Crippen molar-refractivity contribution in [2.24, 2.45) is 4.99 Å². The second-order valence-corrected chi connectivity index (χ2v) is 2.52. The molecule has 0 aromatic heterocycles. The first kappa shape index (κ1) is 7.85. The molecule has 1 aliphatic heterocycles. The Morgan fingerprint density at radius 1 is 1.27 bits per heavy atom. The number of Topliss-reactive ketones (excluding diaryl/α,β-unsaturated/α-hetero) is 2. The number of nitrogens with zero attached hydrogens (tertiary/aromatic N) is 1. The lowest BCUT2D eigenvalue weighted by atomic mass is 9.92. The average molecular weight is 151 g/mol. The summed E-state index contributed by atoms with van der Waals surface area (Å²) in [6, 6.07) is 0. The lowest BCUT2D eigenvalue weighted by molar-refractivity contribution is -0.129. The van der Waals surface area contributed by atoms with Crippen LogP contribution in [0, 0.1) is 0 Å². The molecule has 0 radical (unpaired) electrons. The third kappa shape index (κ3) is 1.02. The minimum absolute atomic E-state index is 0.227. The van der Waals surface area contributed by atoms with E-state index in [2.05, 4.69) is 4.99 Å². The molecule has 0 spiro atoms.